The topological polar surface area (TPSA) is 268 Å². The van der Waals surface area contributed by atoms with Gasteiger partial charge in [-0.1, -0.05) is 0 Å². The van der Waals surface area contributed by atoms with E-state index in [-0.39, 0.29) is 31.9 Å². The molecule has 11 N–H and O–H groups in total. The minimum atomic E-state index is -1.55. The summed E-state index contributed by atoms with van der Waals surface area (Å²) in [6.07, 6.45) is -6.04. The van der Waals surface area contributed by atoms with Gasteiger partial charge in [0.2, 0.25) is 23.6 Å². The zero-order valence-corrected chi connectivity index (χ0v) is 18.8. The van der Waals surface area contributed by atoms with Crippen molar-refractivity contribution >= 4 is 35.6 Å². The highest BCUT2D eigenvalue weighted by molar-refractivity contribution is 5.95. The molecule has 0 spiro atoms. The number of fused-ring (bicyclic) bond motifs is 2. The fourth-order valence-electron chi connectivity index (χ4n) is 3.60. The van der Waals surface area contributed by atoms with Crippen molar-refractivity contribution in [1.82, 2.24) is 21.3 Å². The normalized spacial score (nSPS) is 30.5. The lowest BCUT2D eigenvalue weighted by Gasteiger charge is -2.23. The molecule has 0 aromatic carbocycles. The first kappa shape index (κ1) is 27.7. The van der Waals surface area contributed by atoms with Crippen molar-refractivity contribution in [2.24, 2.45) is 16.5 Å². The van der Waals surface area contributed by atoms with E-state index in [0.717, 1.165) is 0 Å². The van der Waals surface area contributed by atoms with Crippen LogP contribution in [0, 0.1) is 0 Å². The average Bonchev–Trinajstić information content (AvgIpc) is 3.04. The van der Waals surface area contributed by atoms with Crippen LogP contribution in [0.5, 0.6) is 0 Å². The zero-order valence-electron chi connectivity index (χ0n) is 18.8. The number of nitrogens with two attached hydrogens (primary N) is 2. The number of aliphatic imine (C=N–C) groups is 1. The number of aliphatic hydroxyl groups is 2. The van der Waals surface area contributed by atoms with Gasteiger partial charge in [-0.05, 0) is 12.8 Å². The van der Waals surface area contributed by atoms with E-state index in [1.165, 1.54) is 0 Å². The lowest BCUT2D eigenvalue weighted by atomic mass is 10.0. The van der Waals surface area contributed by atoms with Gasteiger partial charge in [0.1, 0.15) is 30.4 Å². The van der Waals surface area contributed by atoms with E-state index in [4.69, 9.17) is 16.2 Å². The Hall–Kier alpha value is -3.50. The summed E-state index contributed by atoms with van der Waals surface area (Å²) in [4.78, 5) is 65.1. The van der Waals surface area contributed by atoms with Crippen molar-refractivity contribution in [3.63, 3.8) is 0 Å². The highest BCUT2D eigenvalue weighted by atomic mass is 16.5. The molecule has 2 aliphatic heterocycles. The number of amides is 4. The number of carboxylic acid groups (broad SMARTS) is 1. The van der Waals surface area contributed by atoms with Crippen molar-refractivity contribution in [1.29, 1.82) is 0 Å². The third kappa shape index (κ3) is 8.66. The third-order valence-corrected chi connectivity index (χ3v) is 5.38. The van der Waals surface area contributed by atoms with E-state index in [2.05, 4.69) is 26.3 Å². The lowest BCUT2D eigenvalue weighted by molar-refractivity contribution is -0.141. The summed E-state index contributed by atoms with van der Waals surface area (Å²) in [6, 6.07) is -2.74. The van der Waals surface area contributed by atoms with Crippen molar-refractivity contribution < 1.29 is 44.0 Å². The maximum Gasteiger partial charge on any atom is 0.305 e. The number of guanidine groups is 1. The SMILES string of the molecule is NC(N)=NCCC[C@@H]1NC(=O)[C@H](CC(=O)O)NC(=O)C[C@@H]2O[C@H](CNC(=O)CNC1=O)[C@@H](O)[C@H]2O. The molecule has 2 fully saturated rings. The first-order valence-electron chi connectivity index (χ1n) is 10.9. The van der Waals surface area contributed by atoms with Gasteiger partial charge in [0, 0.05) is 13.1 Å². The Kier molecular flexibility index (Phi) is 10.2. The van der Waals surface area contributed by atoms with E-state index in [9.17, 15) is 39.3 Å². The number of nitrogens with zero attached hydrogens (tertiary/aromatic N) is 1. The molecule has 2 heterocycles. The molecule has 35 heavy (non-hydrogen) atoms. The van der Waals surface area contributed by atoms with Crippen LogP contribution in [0.15, 0.2) is 4.99 Å². The van der Waals surface area contributed by atoms with Crippen LogP contribution in [0.2, 0.25) is 0 Å². The summed E-state index contributed by atoms with van der Waals surface area (Å²) in [7, 11) is 0. The Morgan fingerprint density at radius 1 is 0.971 bits per heavy atom. The monoisotopic (exact) mass is 501 g/mol. The minimum absolute atomic E-state index is 0.0417. The molecule has 0 radical (unpaired) electrons. The third-order valence-electron chi connectivity index (χ3n) is 5.38. The van der Waals surface area contributed by atoms with Gasteiger partial charge in [0.05, 0.1) is 25.5 Å². The van der Waals surface area contributed by atoms with Gasteiger partial charge in [-0.2, -0.15) is 0 Å². The quantitative estimate of drug-likeness (QED) is 0.0941. The Balaban J connectivity index is 2.23. The molecule has 0 aliphatic carbocycles. The largest absolute Gasteiger partial charge is 0.481 e. The molecular formula is C19H31N7O9. The molecular weight excluding hydrogens is 470 g/mol. The van der Waals surface area contributed by atoms with Gasteiger partial charge in [0.15, 0.2) is 5.96 Å². The molecule has 16 nitrogen and oxygen atoms in total. The number of carboxylic acids is 1. The van der Waals surface area contributed by atoms with Gasteiger partial charge in [-0.15, -0.1) is 0 Å². The predicted octanol–water partition coefficient (Wildman–Crippen LogP) is -5.39. The Morgan fingerprint density at radius 3 is 2.31 bits per heavy atom. The highest BCUT2D eigenvalue weighted by Gasteiger charge is 2.43. The van der Waals surface area contributed by atoms with Gasteiger partial charge in [-0.3, -0.25) is 29.0 Å². The Labute approximate surface area is 199 Å². The number of rotatable bonds is 6. The number of ether oxygens (including phenoxy) is 1. The van der Waals surface area contributed by atoms with Crippen molar-refractivity contribution in [2.45, 2.75) is 62.2 Å². The van der Waals surface area contributed by atoms with E-state index >= 15 is 0 Å². The van der Waals surface area contributed by atoms with E-state index in [0.29, 0.717) is 0 Å². The second kappa shape index (κ2) is 12.8. The maximum absolute atomic E-state index is 12.8. The Bertz CT molecular complexity index is 849. The Morgan fingerprint density at radius 2 is 1.66 bits per heavy atom. The van der Waals surface area contributed by atoms with Gasteiger partial charge in [-0.25, -0.2) is 0 Å². The van der Waals surface area contributed by atoms with Crippen LogP contribution < -0.4 is 32.7 Å². The average molecular weight is 501 g/mol. The van der Waals surface area contributed by atoms with Crippen LogP contribution in [-0.2, 0) is 28.7 Å². The number of carbonyl (C=O) groups excluding carboxylic acids is 4. The number of hydrogen-bond acceptors (Lipinski definition) is 9. The fourth-order valence-corrected chi connectivity index (χ4v) is 3.60. The fraction of sp³-hybridized carbons (Fsp3) is 0.684. The van der Waals surface area contributed by atoms with Crippen LogP contribution in [0.3, 0.4) is 0 Å². The summed E-state index contributed by atoms with van der Waals surface area (Å²) >= 11 is 0. The van der Waals surface area contributed by atoms with Crippen molar-refractivity contribution in [2.75, 3.05) is 19.6 Å². The number of hydrogen-bond donors (Lipinski definition) is 9. The molecule has 0 aromatic heterocycles. The molecule has 2 aliphatic rings. The molecule has 2 rings (SSSR count). The lowest BCUT2D eigenvalue weighted by Crippen LogP contribution is -2.55. The highest BCUT2D eigenvalue weighted by Crippen LogP contribution is 2.23. The smallest absolute Gasteiger partial charge is 0.305 e. The molecule has 6 atom stereocenters. The molecule has 0 aromatic rings. The van der Waals surface area contributed by atoms with Crippen molar-refractivity contribution in [3.8, 4) is 0 Å². The number of aliphatic carboxylic acids is 1. The zero-order chi connectivity index (χ0) is 26.1. The van der Waals surface area contributed by atoms with Gasteiger partial charge >= 0.3 is 5.97 Å². The minimum Gasteiger partial charge on any atom is -0.481 e. The second-order valence-electron chi connectivity index (χ2n) is 8.15. The van der Waals surface area contributed by atoms with Crippen LogP contribution in [0.25, 0.3) is 0 Å². The molecule has 196 valence electrons. The van der Waals surface area contributed by atoms with Crippen LogP contribution in [0.4, 0.5) is 0 Å². The number of aliphatic hydroxyl groups excluding tert-OH is 2. The molecule has 16 heteroatoms. The van der Waals surface area contributed by atoms with Crippen LogP contribution >= 0.6 is 0 Å². The van der Waals surface area contributed by atoms with Gasteiger partial charge < -0.3 is 52.8 Å². The summed E-state index contributed by atoms with van der Waals surface area (Å²) in [5, 5.41) is 38.9. The summed E-state index contributed by atoms with van der Waals surface area (Å²) < 4.78 is 5.45. The summed E-state index contributed by atoms with van der Waals surface area (Å²) in [5.41, 5.74) is 10.5. The van der Waals surface area contributed by atoms with Crippen LogP contribution in [0.1, 0.15) is 25.7 Å². The first-order valence-corrected chi connectivity index (χ1v) is 10.9. The van der Waals surface area contributed by atoms with E-state index < -0.39 is 85.5 Å². The van der Waals surface area contributed by atoms with Crippen LogP contribution in [-0.4, -0.2) is 107 Å². The van der Waals surface area contributed by atoms with E-state index in [1.807, 2.05) is 0 Å². The molecule has 2 saturated heterocycles. The predicted molar refractivity (Wildman–Crippen MR) is 117 cm³/mol. The molecule has 4 amide bonds. The van der Waals surface area contributed by atoms with Crippen molar-refractivity contribution in [3.05, 3.63) is 0 Å². The maximum atomic E-state index is 12.8. The summed E-state index contributed by atoms with van der Waals surface area (Å²) in [5.74, 6) is -4.70. The standard InChI is InChI=1S/C19H31N7O9/c20-19(21)22-3-1-2-8-17(33)24-7-13(28)23-6-11-16(32)15(31)10(35-11)5-12(27)25-9(4-14(29)30)18(34)26-8/h8-11,15-16,31-32H,1-7H2,(H,23,28)(H,24,33)(H,25,27)(H,26,34)(H,29,30)(H4,20,21,22)/t8-,9-,10-,11+,15-,16+/m0/s1. The second-order valence-corrected chi connectivity index (χ2v) is 8.15. The molecule has 0 unspecified atom stereocenters. The van der Waals surface area contributed by atoms with E-state index in [1.54, 1.807) is 0 Å². The number of carbonyl (C=O) groups is 5. The molecule has 2 bridgehead atoms. The summed E-state index contributed by atoms with van der Waals surface area (Å²) in [6.45, 7) is -0.528. The molecule has 0 saturated carbocycles. The van der Waals surface area contributed by atoms with Gasteiger partial charge in [0.25, 0.3) is 0 Å². The number of nitrogens with one attached hydrogen (secondary N) is 4. The first-order chi connectivity index (χ1) is 16.5.